The lowest BCUT2D eigenvalue weighted by atomic mass is 10.2. The minimum Gasteiger partial charge on any atom is -0.313 e. The summed E-state index contributed by atoms with van der Waals surface area (Å²) in [6.07, 6.45) is 2.08. The van der Waals surface area contributed by atoms with E-state index in [2.05, 4.69) is 42.6 Å². The molecule has 0 fully saturated rings. The van der Waals surface area contributed by atoms with Gasteiger partial charge in [0.2, 0.25) is 0 Å². The fraction of sp³-hybridized carbons (Fsp3) is 0.417. The third-order valence-corrected chi connectivity index (χ3v) is 4.07. The fourth-order valence-corrected chi connectivity index (χ4v) is 2.85. The number of aryl methyl sites for hydroxylation is 2. The lowest BCUT2D eigenvalue weighted by Crippen LogP contribution is -2.10. The lowest BCUT2D eigenvalue weighted by Gasteiger charge is -2.05. The predicted octanol–water partition coefficient (Wildman–Crippen LogP) is 2.74. The molecule has 86 valence electrons. The molecule has 0 saturated heterocycles. The van der Waals surface area contributed by atoms with Crippen molar-refractivity contribution in [1.29, 1.82) is 0 Å². The Balaban J connectivity index is 2.35. The Morgan fingerprint density at radius 1 is 1.44 bits per heavy atom. The fourth-order valence-electron chi connectivity index (χ4n) is 1.71. The molecule has 0 spiro atoms. The van der Waals surface area contributed by atoms with E-state index in [1.807, 2.05) is 30.1 Å². The molecule has 2 aromatic heterocycles. The normalized spacial score (nSPS) is 13.0. The smallest absolute Gasteiger partial charge is 0.0680 e. The maximum Gasteiger partial charge on any atom is 0.0680 e. The van der Waals surface area contributed by atoms with Gasteiger partial charge in [0.25, 0.3) is 0 Å². The average molecular weight is 235 g/mol. The van der Waals surface area contributed by atoms with E-state index in [-0.39, 0.29) is 0 Å². The lowest BCUT2D eigenvalue weighted by molar-refractivity contribution is 0.664. The number of hydrogen-bond donors (Lipinski definition) is 1. The molecule has 2 heterocycles. The molecule has 0 radical (unpaired) electrons. The van der Waals surface area contributed by atoms with Crippen molar-refractivity contribution < 1.29 is 0 Å². The summed E-state index contributed by atoms with van der Waals surface area (Å²) in [5.41, 5.74) is 2.33. The minimum atomic E-state index is 0.413. The summed E-state index contributed by atoms with van der Waals surface area (Å²) in [4.78, 5) is 2.66. The Bertz CT molecular complexity index is 484. The van der Waals surface area contributed by atoms with Crippen molar-refractivity contribution in [3.8, 4) is 10.4 Å². The SMILES string of the molecule is CNC(C)c1ccc(-c2cn(C)nc2C)s1. The molecule has 1 atom stereocenters. The quantitative estimate of drug-likeness (QED) is 0.886. The highest BCUT2D eigenvalue weighted by Crippen LogP contribution is 2.32. The van der Waals surface area contributed by atoms with Gasteiger partial charge in [-0.3, -0.25) is 4.68 Å². The molecule has 1 N–H and O–H groups in total. The third kappa shape index (κ3) is 2.03. The van der Waals surface area contributed by atoms with E-state index in [1.54, 1.807) is 0 Å². The standard InChI is InChI=1S/C12H17N3S/c1-8-10(7-15(4)14-8)12-6-5-11(16-12)9(2)13-3/h5-7,9,13H,1-4H3. The van der Waals surface area contributed by atoms with Crippen molar-refractivity contribution in [3.05, 3.63) is 28.9 Å². The second-order valence-corrected chi connectivity index (χ2v) is 5.13. The summed E-state index contributed by atoms with van der Waals surface area (Å²) >= 11 is 1.83. The van der Waals surface area contributed by atoms with Gasteiger partial charge in [-0.05, 0) is 33.0 Å². The van der Waals surface area contributed by atoms with E-state index in [0.29, 0.717) is 6.04 Å². The van der Waals surface area contributed by atoms with Crippen LogP contribution in [0.1, 0.15) is 23.5 Å². The highest BCUT2D eigenvalue weighted by Gasteiger charge is 2.11. The summed E-state index contributed by atoms with van der Waals surface area (Å²) in [6.45, 7) is 4.22. The van der Waals surface area contributed by atoms with Crippen molar-refractivity contribution in [3.63, 3.8) is 0 Å². The molecule has 2 rings (SSSR count). The van der Waals surface area contributed by atoms with Crippen molar-refractivity contribution in [2.45, 2.75) is 19.9 Å². The van der Waals surface area contributed by atoms with Crippen molar-refractivity contribution >= 4 is 11.3 Å². The van der Waals surface area contributed by atoms with Crippen LogP contribution in [0.5, 0.6) is 0 Å². The molecule has 0 aliphatic heterocycles. The molecule has 0 aromatic carbocycles. The average Bonchev–Trinajstić information content (AvgIpc) is 2.83. The first-order valence-electron chi connectivity index (χ1n) is 5.39. The molecule has 4 heteroatoms. The highest BCUT2D eigenvalue weighted by atomic mass is 32.1. The van der Waals surface area contributed by atoms with Gasteiger partial charge in [-0.1, -0.05) is 0 Å². The van der Waals surface area contributed by atoms with Crippen LogP contribution in [-0.2, 0) is 7.05 Å². The zero-order valence-electron chi connectivity index (χ0n) is 10.1. The van der Waals surface area contributed by atoms with Gasteiger partial charge < -0.3 is 5.32 Å². The second kappa shape index (κ2) is 4.39. The summed E-state index contributed by atoms with van der Waals surface area (Å²) in [5, 5.41) is 7.62. The molecule has 0 bridgehead atoms. The maximum atomic E-state index is 4.37. The maximum absolute atomic E-state index is 4.37. The first-order valence-corrected chi connectivity index (χ1v) is 6.21. The summed E-state index contributed by atoms with van der Waals surface area (Å²) < 4.78 is 1.87. The van der Waals surface area contributed by atoms with Crippen LogP contribution in [-0.4, -0.2) is 16.8 Å². The minimum absolute atomic E-state index is 0.413. The van der Waals surface area contributed by atoms with Crippen LogP contribution in [0, 0.1) is 6.92 Å². The molecule has 0 aliphatic carbocycles. The zero-order chi connectivity index (χ0) is 11.7. The van der Waals surface area contributed by atoms with E-state index < -0.39 is 0 Å². The molecule has 0 saturated carbocycles. The van der Waals surface area contributed by atoms with Crippen LogP contribution < -0.4 is 5.32 Å². The van der Waals surface area contributed by atoms with Gasteiger partial charge in [-0.25, -0.2) is 0 Å². The van der Waals surface area contributed by atoms with Gasteiger partial charge in [-0.2, -0.15) is 5.10 Å². The van der Waals surface area contributed by atoms with E-state index >= 15 is 0 Å². The van der Waals surface area contributed by atoms with Crippen LogP contribution in [0.4, 0.5) is 0 Å². The Morgan fingerprint density at radius 2 is 2.19 bits per heavy atom. The molecule has 2 aromatic rings. The highest BCUT2D eigenvalue weighted by molar-refractivity contribution is 7.15. The van der Waals surface area contributed by atoms with Crippen molar-refractivity contribution in [1.82, 2.24) is 15.1 Å². The van der Waals surface area contributed by atoms with Crippen LogP contribution >= 0.6 is 11.3 Å². The number of hydrogen-bond acceptors (Lipinski definition) is 3. The van der Waals surface area contributed by atoms with Crippen LogP contribution in [0.2, 0.25) is 0 Å². The van der Waals surface area contributed by atoms with Gasteiger partial charge in [0, 0.05) is 34.6 Å². The Kier molecular flexibility index (Phi) is 3.12. The van der Waals surface area contributed by atoms with Crippen molar-refractivity contribution in [2.75, 3.05) is 7.05 Å². The first-order chi connectivity index (χ1) is 7.61. The first kappa shape index (κ1) is 11.4. The number of rotatable bonds is 3. The van der Waals surface area contributed by atoms with Gasteiger partial charge in [0.05, 0.1) is 5.69 Å². The summed E-state index contributed by atoms with van der Waals surface area (Å²) in [7, 11) is 3.95. The second-order valence-electron chi connectivity index (χ2n) is 4.01. The van der Waals surface area contributed by atoms with Crippen LogP contribution in [0.3, 0.4) is 0 Å². The van der Waals surface area contributed by atoms with Crippen LogP contribution in [0.25, 0.3) is 10.4 Å². The molecular formula is C12H17N3S. The Labute approximate surface area is 100 Å². The molecular weight excluding hydrogens is 218 g/mol. The number of nitrogens with zero attached hydrogens (tertiary/aromatic N) is 2. The van der Waals surface area contributed by atoms with E-state index in [9.17, 15) is 0 Å². The largest absolute Gasteiger partial charge is 0.313 e. The monoisotopic (exact) mass is 235 g/mol. The molecule has 3 nitrogen and oxygen atoms in total. The van der Waals surface area contributed by atoms with Gasteiger partial charge in [-0.15, -0.1) is 11.3 Å². The topological polar surface area (TPSA) is 29.9 Å². The number of nitrogens with one attached hydrogen (secondary N) is 1. The summed E-state index contributed by atoms with van der Waals surface area (Å²) in [6, 6.07) is 4.78. The van der Waals surface area contributed by atoms with Gasteiger partial charge in [0.15, 0.2) is 0 Å². The summed E-state index contributed by atoms with van der Waals surface area (Å²) in [5.74, 6) is 0. The predicted molar refractivity (Wildman–Crippen MR) is 68.7 cm³/mol. The molecule has 1 unspecified atom stereocenters. The zero-order valence-corrected chi connectivity index (χ0v) is 10.9. The Hall–Kier alpha value is -1.13. The van der Waals surface area contributed by atoms with Crippen molar-refractivity contribution in [2.24, 2.45) is 7.05 Å². The number of aromatic nitrogens is 2. The van der Waals surface area contributed by atoms with E-state index in [1.165, 1.54) is 15.3 Å². The van der Waals surface area contributed by atoms with Crippen LogP contribution in [0.15, 0.2) is 18.3 Å². The third-order valence-electron chi connectivity index (χ3n) is 2.77. The van der Waals surface area contributed by atoms with Gasteiger partial charge in [0.1, 0.15) is 0 Å². The van der Waals surface area contributed by atoms with Gasteiger partial charge >= 0.3 is 0 Å². The Morgan fingerprint density at radius 3 is 2.75 bits per heavy atom. The molecule has 0 aliphatic rings. The molecule has 16 heavy (non-hydrogen) atoms. The number of thiophene rings is 1. The van der Waals surface area contributed by atoms with E-state index in [4.69, 9.17) is 0 Å². The molecule has 0 amide bonds. The van der Waals surface area contributed by atoms with E-state index in [0.717, 1.165) is 5.69 Å².